The first-order valence-electron chi connectivity index (χ1n) is 23.2. The van der Waals surface area contributed by atoms with Gasteiger partial charge in [-0.1, -0.05) is 200 Å². The summed E-state index contributed by atoms with van der Waals surface area (Å²) in [6, 6.07) is 0. The van der Waals surface area contributed by atoms with E-state index in [9.17, 15) is 14.4 Å². The second-order valence-corrected chi connectivity index (χ2v) is 15.7. The molecule has 0 fully saturated rings. The normalized spacial score (nSPS) is 12.0. The number of ether oxygens (including phenoxy) is 3. The SMILES string of the molecule is CCCCCC/C=C\CCCCCCCC(=O)OC(COC(=O)CCCCCCCCCC)COC(=O)CCCCCCCCCCCCCCCC. The average molecular weight is 749 g/mol. The molecule has 6 nitrogen and oxygen atoms in total. The summed E-state index contributed by atoms with van der Waals surface area (Å²) in [5, 5.41) is 0. The van der Waals surface area contributed by atoms with Gasteiger partial charge >= 0.3 is 17.9 Å². The molecule has 0 saturated heterocycles. The zero-order valence-corrected chi connectivity index (χ0v) is 35.6. The summed E-state index contributed by atoms with van der Waals surface area (Å²) >= 11 is 0. The van der Waals surface area contributed by atoms with E-state index in [1.165, 1.54) is 148 Å². The lowest BCUT2D eigenvalue weighted by Gasteiger charge is -2.18. The Morgan fingerprint density at radius 1 is 0.358 bits per heavy atom. The van der Waals surface area contributed by atoms with Crippen molar-refractivity contribution in [1.29, 1.82) is 0 Å². The Morgan fingerprint density at radius 3 is 0.962 bits per heavy atom. The van der Waals surface area contributed by atoms with Crippen molar-refractivity contribution in [2.75, 3.05) is 13.2 Å². The topological polar surface area (TPSA) is 78.9 Å². The number of esters is 3. The number of hydrogen-bond donors (Lipinski definition) is 0. The molecule has 6 heteroatoms. The maximum Gasteiger partial charge on any atom is 0.306 e. The quantitative estimate of drug-likeness (QED) is 0.0268. The van der Waals surface area contributed by atoms with Crippen LogP contribution in [0.2, 0.25) is 0 Å². The highest BCUT2D eigenvalue weighted by atomic mass is 16.6. The summed E-state index contributed by atoms with van der Waals surface area (Å²) in [6.45, 7) is 6.60. The fraction of sp³-hybridized carbons (Fsp3) is 0.894. The molecular formula is C47H88O6. The van der Waals surface area contributed by atoms with Gasteiger partial charge in [-0.15, -0.1) is 0 Å². The summed E-state index contributed by atoms with van der Waals surface area (Å²) in [6.07, 6.45) is 44.8. The first-order valence-corrected chi connectivity index (χ1v) is 23.2. The lowest BCUT2D eigenvalue weighted by molar-refractivity contribution is -0.167. The first-order chi connectivity index (χ1) is 26.0. The molecule has 0 aliphatic carbocycles. The third-order valence-corrected chi connectivity index (χ3v) is 10.3. The molecule has 312 valence electrons. The van der Waals surface area contributed by atoms with Crippen LogP contribution in [0.15, 0.2) is 12.2 Å². The molecule has 0 radical (unpaired) electrons. The highest BCUT2D eigenvalue weighted by Crippen LogP contribution is 2.15. The minimum Gasteiger partial charge on any atom is -0.462 e. The molecule has 0 aromatic carbocycles. The predicted octanol–water partition coefficient (Wildman–Crippen LogP) is 14.6. The highest BCUT2D eigenvalue weighted by molar-refractivity contribution is 5.71. The van der Waals surface area contributed by atoms with Crippen LogP contribution in [0.3, 0.4) is 0 Å². The molecule has 0 bridgehead atoms. The van der Waals surface area contributed by atoms with Gasteiger partial charge in [0, 0.05) is 19.3 Å². The Balaban J connectivity index is 4.31. The molecule has 1 unspecified atom stereocenters. The van der Waals surface area contributed by atoms with Crippen LogP contribution in [0.1, 0.15) is 252 Å². The lowest BCUT2D eigenvalue weighted by atomic mass is 10.0. The highest BCUT2D eigenvalue weighted by Gasteiger charge is 2.19. The Labute approximate surface area is 329 Å². The van der Waals surface area contributed by atoms with Crippen molar-refractivity contribution in [2.24, 2.45) is 0 Å². The van der Waals surface area contributed by atoms with Gasteiger partial charge in [0.05, 0.1) is 0 Å². The summed E-state index contributed by atoms with van der Waals surface area (Å²) < 4.78 is 16.7. The van der Waals surface area contributed by atoms with Gasteiger partial charge in [-0.05, 0) is 44.9 Å². The second-order valence-electron chi connectivity index (χ2n) is 15.7. The number of carbonyl (C=O) groups excluding carboxylic acids is 3. The summed E-state index contributed by atoms with van der Waals surface area (Å²) in [5.41, 5.74) is 0. The van der Waals surface area contributed by atoms with Crippen LogP contribution in [0, 0.1) is 0 Å². The second kappa shape index (κ2) is 42.9. The number of allylic oxidation sites excluding steroid dienone is 2. The van der Waals surface area contributed by atoms with Gasteiger partial charge in [0.15, 0.2) is 6.10 Å². The Kier molecular flexibility index (Phi) is 41.4. The van der Waals surface area contributed by atoms with Gasteiger partial charge in [-0.3, -0.25) is 14.4 Å². The van der Waals surface area contributed by atoms with Gasteiger partial charge < -0.3 is 14.2 Å². The van der Waals surface area contributed by atoms with Crippen molar-refractivity contribution in [3.63, 3.8) is 0 Å². The minimum atomic E-state index is -0.765. The van der Waals surface area contributed by atoms with E-state index in [4.69, 9.17) is 14.2 Å². The smallest absolute Gasteiger partial charge is 0.306 e. The number of rotatable bonds is 42. The number of carbonyl (C=O) groups is 3. The van der Waals surface area contributed by atoms with Crippen molar-refractivity contribution in [3.8, 4) is 0 Å². The fourth-order valence-corrected chi connectivity index (χ4v) is 6.73. The van der Waals surface area contributed by atoms with Gasteiger partial charge in [-0.25, -0.2) is 0 Å². The van der Waals surface area contributed by atoms with Crippen LogP contribution in [0.5, 0.6) is 0 Å². The van der Waals surface area contributed by atoms with E-state index in [1.54, 1.807) is 0 Å². The van der Waals surface area contributed by atoms with Gasteiger partial charge in [0.25, 0.3) is 0 Å². The Morgan fingerprint density at radius 2 is 0.623 bits per heavy atom. The van der Waals surface area contributed by atoms with E-state index in [1.807, 2.05) is 0 Å². The summed E-state index contributed by atoms with van der Waals surface area (Å²) in [5.74, 6) is -0.873. The van der Waals surface area contributed by atoms with E-state index >= 15 is 0 Å². The van der Waals surface area contributed by atoms with Gasteiger partial charge in [0.1, 0.15) is 13.2 Å². The first kappa shape index (κ1) is 51.1. The minimum absolute atomic E-state index is 0.0691. The van der Waals surface area contributed by atoms with E-state index in [0.717, 1.165) is 64.2 Å². The molecule has 0 spiro atoms. The molecule has 0 heterocycles. The lowest BCUT2D eigenvalue weighted by Crippen LogP contribution is -2.30. The van der Waals surface area contributed by atoms with Crippen molar-refractivity contribution in [3.05, 3.63) is 12.2 Å². The van der Waals surface area contributed by atoms with Crippen molar-refractivity contribution < 1.29 is 28.6 Å². The molecule has 0 saturated carbocycles. The van der Waals surface area contributed by atoms with Crippen LogP contribution in [0.4, 0.5) is 0 Å². The van der Waals surface area contributed by atoms with E-state index in [0.29, 0.717) is 19.3 Å². The monoisotopic (exact) mass is 749 g/mol. The molecule has 0 rings (SSSR count). The van der Waals surface area contributed by atoms with E-state index in [-0.39, 0.29) is 31.1 Å². The number of hydrogen-bond acceptors (Lipinski definition) is 6. The van der Waals surface area contributed by atoms with Crippen molar-refractivity contribution in [2.45, 2.75) is 258 Å². The maximum absolute atomic E-state index is 12.7. The van der Waals surface area contributed by atoms with Crippen molar-refractivity contribution in [1.82, 2.24) is 0 Å². The molecule has 0 aliphatic rings. The summed E-state index contributed by atoms with van der Waals surface area (Å²) in [4.78, 5) is 37.6. The van der Waals surface area contributed by atoms with Crippen LogP contribution in [-0.2, 0) is 28.6 Å². The molecular weight excluding hydrogens is 661 g/mol. The summed E-state index contributed by atoms with van der Waals surface area (Å²) in [7, 11) is 0. The van der Waals surface area contributed by atoms with Gasteiger partial charge in [-0.2, -0.15) is 0 Å². The zero-order chi connectivity index (χ0) is 38.7. The number of unbranched alkanes of at least 4 members (excludes halogenated alkanes) is 29. The molecule has 53 heavy (non-hydrogen) atoms. The van der Waals surface area contributed by atoms with Crippen molar-refractivity contribution >= 4 is 17.9 Å². The molecule has 0 amide bonds. The van der Waals surface area contributed by atoms with Crippen LogP contribution >= 0.6 is 0 Å². The standard InChI is InChI=1S/C47H88O6/c1-4-7-10-13-16-19-21-23-25-26-28-31-34-37-40-46(49)52-43-44(42-51-45(48)39-36-33-30-18-15-12-9-6-3)53-47(50)41-38-35-32-29-27-24-22-20-17-14-11-8-5-2/h20,22,44H,4-19,21,23-43H2,1-3H3/b22-20-. The Bertz CT molecular complexity index is 824. The fourth-order valence-electron chi connectivity index (χ4n) is 6.73. The molecule has 0 aliphatic heterocycles. The third kappa shape index (κ3) is 41.2. The van der Waals surface area contributed by atoms with Crippen LogP contribution < -0.4 is 0 Å². The van der Waals surface area contributed by atoms with Crippen LogP contribution in [-0.4, -0.2) is 37.2 Å². The zero-order valence-electron chi connectivity index (χ0n) is 35.6. The molecule has 0 N–H and O–H groups in total. The largest absolute Gasteiger partial charge is 0.462 e. The maximum atomic E-state index is 12.7. The Hall–Kier alpha value is -1.85. The van der Waals surface area contributed by atoms with E-state index in [2.05, 4.69) is 32.9 Å². The average Bonchev–Trinajstić information content (AvgIpc) is 3.15. The molecule has 0 aromatic rings. The molecule has 1 atom stereocenters. The van der Waals surface area contributed by atoms with E-state index < -0.39 is 6.10 Å². The predicted molar refractivity (Wildman–Crippen MR) is 224 cm³/mol. The third-order valence-electron chi connectivity index (χ3n) is 10.3. The molecule has 0 aromatic heterocycles. The van der Waals surface area contributed by atoms with Gasteiger partial charge in [0.2, 0.25) is 0 Å². The van der Waals surface area contributed by atoms with Crippen LogP contribution in [0.25, 0.3) is 0 Å².